The number of carbonyl (C=O) groups excluding carboxylic acids is 2. The zero-order chi connectivity index (χ0) is 14.6. The Morgan fingerprint density at radius 3 is 2.79 bits per heavy atom. The number of nitrogens with zero attached hydrogens (tertiary/aromatic N) is 2. The Morgan fingerprint density at radius 1 is 1.63 bits per heavy atom. The highest BCUT2D eigenvalue weighted by Gasteiger charge is 2.33. The van der Waals surface area contributed by atoms with Gasteiger partial charge in [0.1, 0.15) is 11.7 Å². The zero-order valence-electron chi connectivity index (χ0n) is 11.6. The SMILES string of the molecule is COCC(C)NC(=O)C(C)(C)n1c[c]nc1C(N)=O. The number of amides is 2. The summed E-state index contributed by atoms with van der Waals surface area (Å²) in [5.41, 5.74) is 4.21. The molecule has 1 rings (SSSR count). The van der Waals surface area contributed by atoms with E-state index in [1.54, 1.807) is 21.0 Å². The number of primary amides is 1. The van der Waals surface area contributed by atoms with Crippen molar-refractivity contribution < 1.29 is 14.3 Å². The summed E-state index contributed by atoms with van der Waals surface area (Å²) in [6.45, 7) is 5.57. The molecule has 7 nitrogen and oxygen atoms in total. The summed E-state index contributed by atoms with van der Waals surface area (Å²) < 4.78 is 6.36. The molecule has 105 valence electrons. The number of carbonyl (C=O) groups is 2. The first kappa shape index (κ1) is 15.2. The van der Waals surface area contributed by atoms with Crippen LogP contribution in [0.1, 0.15) is 31.4 Å². The van der Waals surface area contributed by atoms with Gasteiger partial charge in [-0.05, 0) is 20.8 Å². The minimum absolute atomic E-state index is 0.000422. The third-order valence-corrected chi connectivity index (χ3v) is 2.76. The Bertz CT molecular complexity index is 467. The number of methoxy groups -OCH3 is 1. The second kappa shape index (κ2) is 5.83. The van der Waals surface area contributed by atoms with Crippen LogP contribution in [-0.2, 0) is 15.1 Å². The second-order valence-corrected chi connectivity index (χ2v) is 4.82. The Hall–Kier alpha value is -1.89. The number of nitrogens with one attached hydrogen (secondary N) is 1. The van der Waals surface area contributed by atoms with E-state index in [1.165, 1.54) is 10.8 Å². The van der Waals surface area contributed by atoms with Gasteiger partial charge in [-0.25, -0.2) is 4.98 Å². The predicted molar refractivity (Wildman–Crippen MR) is 68.4 cm³/mol. The maximum absolute atomic E-state index is 12.2. The van der Waals surface area contributed by atoms with E-state index in [9.17, 15) is 9.59 Å². The van der Waals surface area contributed by atoms with Gasteiger partial charge in [0.15, 0.2) is 5.82 Å². The van der Waals surface area contributed by atoms with Crippen molar-refractivity contribution in [1.82, 2.24) is 14.9 Å². The van der Waals surface area contributed by atoms with Crippen LogP contribution < -0.4 is 11.1 Å². The van der Waals surface area contributed by atoms with Gasteiger partial charge < -0.3 is 20.4 Å². The molecule has 0 saturated carbocycles. The van der Waals surface area contributed by atoms with Gasteiger partial charge in [-0.2, -0.15) is 0 Å². The van der Waals surface area contributed by atoms with Gasteiger partial charge in [-0.15, -0.1) is 0 Å². The molecule has 19 heavy (non-hydrogen) atoms. The molecular formula is C12H19N4O3. The monoisotopic (exact) mass is 267 g/mol. The fourth-order valence-electron chi connectivity index (χ4n) is 1.66. The highest BCUT2D eigenvalue weighted by atomic mass is 16.5. The number of hydrogen-bond acceptors (Lipinski definition) is 4. The van der Waals surface area contributed by atoms with Crippen molar-refractivity contribution in [2.75, 3.05) is 13.7 Å². The smallest absolute Gasteiger partial charge is 0.284 e. The summed E-state index contributed by atoms with van der Waals surface area (Å²) in [6.07, 6.45) is 3.96. The molecule has 3 N–H and O–H groups in total. The van der Waals surface area contributed by atoms with Gasteiger partial charge in [0.25, 0.3) is 5.91 Å². The lowest BCUT2D eigenvalue weighted by atomic mass is 10.0. The molecule has 0 spiro atoms. The highest BCUT2D eigenvalue weighted by Crippen LogP contribution is 2.17. The minimum Gasteiger partial charge on any atom is -0.383 e. The highest BCUT2D eigenvalue weighted by molar-refractivity contribution is 5.91. The molecule has 7 heteroatoms. The number of nitrogens with two attached hydrogens (primary N) is 1. The van der Waals surface area contributed by atoms with Crippen LogP contribution in [0.15, 0.2) is 6.20 Å². The number of aromatic nitrogens is 2. The average Bonchev–Trinajstić information content (AvgIpc) is 2.78. The molecule has 0 saturated heterocycles. The first-order valence-electron chi connectivity index (χ1n) is 5.86. The molecule has 0 aliphatic rings. The zero-order valence-corrected chi connectivity index (χ0v) is 11.6. The van der Waals surface area contributed by atoms with Crippen LogP contribution in [0, 0.1) is 6.20 Å². The van der Waals surface area contributed by atoms with Gasteiger partial charge in [0.2, 0.25) is 5.91 Å². The van der Waals surface area contributed by atoms with Crippen LogP contribution in [0.2, 0.25) is 0 Å². The van der Waals surface area contributed by atoms with E-state index in [0.717, 1.165) is 0 Å². The van der Waals surface area contributed by atoms with Gasteiger partial charge in [0.05, 0.1) is 6.61 Å². The summed E-state index contributed by atoms with van der Waals surface area (Å²) in [5, 5.41) is 2.80. The molecule has 0 aliphatic carbocycles. The molecule has 1 unspecified atom stereocenters. The Kier molecular flexibility index (Phi) is 4.66. The molecule has 1 aromatic rings. The van der Waals surface area contributed by atoms with Crippen molar-refractivity contribution in [3.8, 4) is 0 Å². The minimum atomic E-state index is -1.00. The Balaban J connectivity index is 2.93. The van der Waals surface area contributed by atoms with Gasteiger partial charge in [-0.1, -0.05) is 0 Å². The van der Waals surface area contributed by atoms with E-state index in [1.807, 2.05) is 6.92 Å². The topological polar surface area (TPSA) is 99.2 Å². The van der Waals surface area contributed by atoms with Crippen LogP contribution >= 0.6 is 0 Å². The number of hydrogen-bond donors (Lipinski definition) is 2. The van der Waals surface area contributed by atoms with Gasteiger partial charge in [-0.3, -0.25) is 9.59 Å². The molecule has 1 atom stereocenters. The second-order valence-electron chi connectivity index (χ2n) is 4.82. The fraction of sp³-hybridized carbons (Fsp3) is 0.583. The summed E-state index contributed by atoms with van der Waals surface area (Å²) in [5.74, 6) is -0.961. The molecule has 1 heterocycles. The summed E-state index contributed by atoms with van der Waals surface area (Å²) in [4.78, 5) is 27.2. The van der Waals surface area contributed by atoms with Crippen LogP contribution in [0.3, 0.4) is 0 Å². The van der Waals surface area contributed by atoms with E-state index < -0.39 is 11.4 Å². The van der Waals surface area contributed by atoms with Crippen LogP contribution in [-0.4, -0.2) is 41.1 Å². The van der Waals surface area contributed by atoms with Crippen molar-refractivity contribution in [2.45, 2.75) is 32.4 Å². The normalized spacial score (nSPS) is 13.1. The molecule has 0 bridgehead atoms. The summed E-state index contributed by atoms with van der Waals surface area (Å²) in [7, 11) is 1.56. The quantitative estimate of drug-likeness (QED) is 0.737. The average molecular weight is 267 g/mol. The summed E-state index contributed by atoms with van der Waals surface area (Å²) >= 11 is 0. The first-order chi connectivity index (χ1) is 8.80. The number of rotatable bonds is 6. The molecule has 1 radical (unpaired) electrons. The van der Waals surface area contributed by atoms with Crippen molar-refractivity contribution >= 4 is 11.8 Å². The first-order valence-corrected chi connectivity index (χ1v) is 5.86. The molecule has 0 aliphatic heterocycles. The maximum Gasteiger partial charge on any atom is 0.284 e. The van der Waals surface area contributed by atoms with Gasteiger partial charge >= 0.3 is 0 Å². The maximum atomic E-state index is 12.2. The molecule has 1 aromatic heterocycles. The fourth-order valence-corrected chi connectivity index (χ4v) is 1.66. The molecule has 0 aromatic carbocycles. The standard InChI is InChI=1S/C12H19N4O3/c1-8(7-19-4)15-11(18)12(2,3)16-6-5-14-10(16)9(13)17/h6,8H,7H2,1-4H3,(H2,13,17)(H,15,18). The van der Waals surface area contributed by atoms with Crippen molar-refractivity contribution in [3.05, 3.63) is 18.2 Å². The van der Waals surface area contributed by atoms with E-state index in [4.69, 9.17) is 10.5 Å². The Morgan fingerprint density at radius 2 is 2.26 bits per heavy atom. The lowest BCUT2D eigenvalue weighted by Crippen LogP contribution is -2.49. The van der Waals surface area contributed by atoms with E-state index in [0.29, 0.717) is 6.61 Å². The van der Waals surface area contributed by atoms with E-state index in [-0.39, 0.29) is 17.8 Å². The molecule has 2 amide bonds. The van der Waals surface area contributed by atoms with Crippen molar-refractivity contribution in [3.63, 3.8) is 0 Å². The van der Waals surface area contributed by atoms with Crippen LogP contribution in [0.5, 0.6) is 0 Å². The largest absolute Gasteiger partial charge is 0.383 e. The predicted octanol–water partition coefficient (Wildman–Crippen LogP) is -0.332. The van der Waals surface area contributed by atoms with Crippen molar-refractivity contribution in [1.29, 1.82) is 0 Å². The Labute approximate surface area is 112 Å². The molecule has 0 fully saturated rings. The van der Waals surface area contributed by atoms with E-state index >= 15 is 0 Å². The van der Waals surface area contributed by atoms with Crippen LogP contribution in [0.25, 0.3) is 0 Å². The number of ether oxygens (including phenoxy) is 1. The van der Waals surface area contributed by atoms with Crippen LogP contribution in [0.4, 0.5) is 0 Å². The summed E-state index contributed by atoms with van der Waals surface area (Å²) in [6, 6.07) is -0.138. The third-order valence-electron chi connectivity index (χ3n) is 2.76. The lowest BCUT2D eigenvalue weighted by molar-refractivity contribution is -0.129. The van der Waals surface area contributed by atoms with Crippen molar-refractivity contribution in [2.24, 2.45) is 5.73 Å². The molecular weight excluding hydrogens is 248 g/mol. The van der Waals surface area contributed by atoms with E-state index in [2.05, 4.69) is 16.5 Å². The third kappa shape index (κ3) is 3.31. The number of imidazole rings is 1. The lowest BCUT2D eigenvalue weighted by Gasteiger charge is -2.28. The van der Waals surface area contributed by atoms with Gasteiger partial charge in [0, 0.05) is 19.3 Å².